The van der Waals surface area contributed by atoms with Gasteiger partial charge in [-0.2, -0.15) is 0 Å². The highest BCUT2D eigenvalue weighted by Crippen LogP contribution is 2.23. The molecule has 0 bridgehead atoms. The number of nitrogens with two attached hydrogens (primary N) is 1. The molecule has 2 unspecified atom stereocenters. The topological polar surface area (TPSA) is 64.3 Å². The molecule has 4 nitrogen and oxygen atoms in total. The molecule has 1 amide bonds. The second-order valence-corrected chi connectivity index (χ2v) is 5.36. The van der Waals surface area contributed by atoms with Crippen LogP contribution >= 0.6 is 0 Å². The van der Waals surface area contributed by atoms with Crippen molar-refractivity contribution in [3.63, 3.8) is 0 Å². The van der Waals surface area contributed by atoms with E-state index in [-0.39, 0.29) is 23.4 Å². The minimum absolute atomic E-state index is 0.0205. The Labute approximate surface area is 97.9 Å². The van der Waals surface area contributed by atoms with Gasteiger partial charge in [-0.1, -0.05) is 12.8 Å². The average molecular weight is 228 g/mol. The van der Waals surface area contributed by atoms with Gasteiger partial charge in [0.05, 0.1) is 18.1 Å². The zero-order valence-electron chi connectivity index (χ0n) is 10.6. The van der Waals surface area contributed by atoms with Gasteiger partial charge in [-0.05, 0) is 26.7 Å². The second-order valence-electron chi connectivity index (χ2n) is 5.36. The molecule has 0 aromatic carbocycles. The highest BCUT2D eigenvalue weighted by atomic mass is 16.5. The van der Waals surface area contributed by atoms with Gasteiger partial charge in [-0.3, -0.25) is 4.79 Å². The number of ether oxygens (including phenoxy) is 1. The van der Waals surface area contributed by atoms with Crippen LogP contribution in [0.15, 0.2) is 0 Å². The standard InChI is InChI=1S/C12H24N2O2/c1-12(2,8-16-3)14-11(15)9-6-4-5-7-10(9)13/h9-10H,4-8,13H2,1-3H3,(H,14,15). The Morgan fingerprint density at radius 3 is 2.62 bits per heavy atom. The lowest BCUT2D eigenvalue weighted by molar-refractivity contribution is -0.128. The zero-order valence-corrected chi connectivity index (χ0v) is 10.6. The van der Waals surface area contributed by atoms with Crippen LogP contribution in [-0.4, -0.2) is 31.2 Å². The second kappa shape index (κ2) is 5.64. The van der Waals surface area contributed by atoms with Crippen LogP contribution < -0.4 is 11.1 Å². The Morgan fingerprint density at radius 1 is 1.44 bits per heavy atom. The molecule has 0 saturated heterocycles. The van der Waals surface area contributed by atoms with E-state index in [1.54, 1.807) is 7.11 Å². The van der Waals surface area contributed by atoms with Gasteiger partial charge >= 0.3 is 0 Å². The van der Waals surface area contributed by atoms with Gasteiger partial charge in [-0.15, -0.1) is 0 Å². The van der Waals surface area contributed by atoms with Crippen LogP contribution in [0.3, 0.4) is 0 Å². The molecule has 4 heteroatoms. The third-order valence-electron chi connectivity index (χ3n) is 3.12. The molecule has 0 heterocycles. The minimum atomic E-state index is -0.316. The molecule has 1 rings (SSSR count). The van der Waals surface area contributed by atoms with Crippen molar-refractivity contribution in [2.75, 3.05) is 13.7 Å². The monoisotopic (exact) mass is 228 g/mol. The summed E-state index contributed by atoms with van der Waals surface area (Å²) in [7, 11) is 1.64. The van der Waals surface area contributed by atoms with Crippen LogP contribution in [0.25, 0.3) is 0 Å². The van der Waals surface area contributed by atoms with Gasteiger partial charge in [0.15, 0.2) is 0 Å². The molecule has 0 aromatic heterocycles. The van der Waals surface area contributed by atoms with E-state index in [1.165, 1.54) is 0 Å². The molecule has 1 saturated carbocycles. The third kappa shape index (κ3) is 3.76. The first-order chi connectivity index (χ1) is 7.46. The molecule has 3 N–H and O–H groups in total. The molecule has 0 aliphatic heterocycles. The molecule has 0 spiro atoms. The predicted octanol–water partition coefficient (Wildman–Crippen LogP) is 1.05. The Balaban J connectivity index is 2.50. The molecule has 1 aliphatic carbocycles. The number of amides is 1. The summed E-state index contributed by atoms with van der Waals surface area (Å²) in [5, 5.41) is 3.01. The van der Waals surface area contributed by atoms with Gasteiger partial charge < -0.3 is 15.8 Å². The normalized spacial score (nSPS) is 26.5. The molecule has 1 aliphatic rings. The average Bonchev–Trinajstić information content (AvgIpc) is 2.17. The largest absolute Gasteiger partial charge is 0.382 e. The van der Waals surface area contributed by atoms with Crippen molar-refractivity contribution in [3.8, 4) is 0 Å². The van der Waals surface area contributed by atoms with Crippen molar-refractivity contribution in [2.45, 2.75) is 51.1 Å². The van der Waals surface area contributed by atoms with E-state index in [4.69, 9.17) is 10.5 Å². The number of rotatable bonds is 4. The highest BCUT2D eigenvalue weighted by molar-refractivity contribution is 5.80. The van der Waals surface area contributed by atoms with Crippen molar-refractivity contribution in [2.24, 2.45) is 11.7 Å². The van der Waals surface area contributed by atoms with Gasteiger partial charge in [-0.25, -0.2) is 0 Å². The number of carbonyl (C=O) groups excluding carboxylic acids is 1. The van der Waals surface area contributed by atoms with Crippen LogP contribution in [0, 0.1) is 5.92 Å². The fraction of sp³-hybridized carbons (Fsp3) is 0.917. The van der Waals surface area contributed by atoms with E-state index in [1.807, 2.05) is 13.8 Å². The molecule has 1 fully saturated rings. The Morgan fingerprint density at radius 2 is 2.06 bits per heavy atom. The van der Waals surface area contributed by atoms with Crippen LogP contribution in [0.1, 0.15) is 39.5 Å². The Hall–Kier alpha value is -0.610. The van der Waals surface area contributed by atoms with Gasteiger partial charge in [0, 0.05) is 13.2 Å². The Kier molecular flexibility index (Phi) is 4.74. The van der Waals surface area contributed by atoms with E-state index in [2.05, 4.69) is 5.32 Å². The molecular weight excluding hydrogens is 204 g/mol. The highest BCUT2D eigenvalue weighted by Gasteiger charge is 2.31. The quantitative estimate of drug-likeness (QED) is 0.756. The van der Waals surface area contributed by atoms with Crippen LogP contribution in [-0.2, 0) is 9.53 Å². The number of hydrogen-bond acceptors (Lipinski definition) is 3. The number of nitrogens with one attached hydrogen (secondary N) is 1. The zero-order chi connectivity index (χ0) is 12.2. The third-order valence-corrected chi connectivity index (χ3v) is 3.12. The fourth-order valence-electron chi connectivity index (χ4n) is 2.31. The van der Waals surface area contributed by atoms with Crippen LogP contribution in [0.5, 0.6) is 0 Å². The van der Waals surface area contributed by atoms with Crippen LogP contribution in [0.4, 0.5) is 0 Å². The lowest BCUT2D eigenvalue weighted by Crippen LogP contribution is -2.52. The number of carbonyl (C=O) groups is 1. The predicted molar refractivity (Wildman–Crippen MR) is 64.0 cm³/mol. The summed E-state index contributed by atoms with van der Waals surface area (Å²) in [4.78, 5) is 12.1. The summed E-state index contributed by atoms with van der Waals surface area (Å²) in [6.07, 6.45) is 4.13. The summed E-state index contributed by atoms with van der Waals surface area (Å²) in [5.41, 5.74) is 5.66. The summed E-state index contributed by atoms with van der Waals surface area (Å²) in [6.45, 7) is 4.44. The SMILES string of the molecule is COCC(C)(C)NC(=O)C1CCCCC1N. The molecule has 16 heavy (non-hydrogen) atoms. The first kappa shape index (κ1) is 13.5. The molecule has 0 aromatic rings. The number of hydrogen-bond donors (Lipinski definition) is 2. The maximum absolute atomic E-state index is 12.1. The van der Waals surface area contributed by atoms with Gasteiger partial charge in [0.1, 0.15) is 0 Å². The van der Waals surface area contributed by atoms with E-state index in [0.29, 0.717) is 6.61 Å². The molecule has 94 valence electrons. The van der Waals surface area contributed by atoms with Crippen LogP contribution in [0.2, 0.25) is 0 Å². The summed E-state index contributed by atoms with van der Waals surface area (Å²) >= 11 is 0. The lowest BCUT2D eigenvalue weighted by Gasteiger charge is -2.32. The van der Waals surface area contributed by atoms with Crippen molar-refractivity contribution in [3.05, 3.63) is 0 Å². The van der Waals surface area contributed by atoms with Gasteiger partial charge in [0.2, 0.25) is 5.91 Å². The smallest absolute Gasteiger partial charge is 0.225 e. The van der Waals surface area contributed by atoms with E-state index < -0.39 is 0 Å². The van der Waals surface area contributed by atoms with Crippen molar-refractivity contribution >= 4 is 5.91 Å². The van der Waals surface area contributed by atoms with Crippen molar-refractivity contribution in [1.82, 2.24) is 5.32 Å². The summed E-state index contributed by atoms with van der Waals surface area (Å²) in [5.74, 6) is 0.0548. The summed E-state index contributed by atoms with van der Waals surface area (Å²) < 4.78 is 5.08. The minimum Gasteiger partial charge on any atom is -0.382 e. The fourth-order valence-corrected chi connectivity index (χ4v) is 2.31. The van der Waals surface area contributed by atoms with Gasteiger partial charge in [0.25, 0.3) is 0 Å². The Bertz CT molecular complexity index is 241. The first-order valence-corrected chi connectivity index (χ1v) is 6.03. The van der Waals surface area contributed by atoms with Crippen molar-refractivity contribution in [1.29, 1.82) is 0 Å². The van der Waals surface area contributed by atoms with Crippen molar-refractivity contribution < 1.29 is 9.53 Å². The molecule has 2 atom stereocenters. The molecule has 0 radical (unpaired) electrons. The van der Waals surface area contributed by atoms with E-state index in [0.717, 1.165) is 25.7 Å². The first-order valence-electron chi connectivity index (χ1n) is 6.03. The maximum atomic E-state index is 12.1. The lowest BCUT2D eigenvalue weighted by atomic mass is 9.84. The maximum Gasteiger partial charge on any atom is 0.225 e. The van der Waals surface area contributed by atoms with E-state index >= 15 is 0 Å². The summed E-state index contributed by atoms with van der Waals surface area (Å²) in [6, 6.07) is 0.0205. The van der Waals surface area contributed by atoms with E-state index in [9.17, 15) is 4.79 Å². The molecular formula is C12H24N2O2. The number of methoxy groups -OCH3 is 1.